The van der Waals surface area contributed by atoms with Gasteiger partial charge in [-0.05, 0) is 38.1 Å². The zero-order valence-electron chi connectivity index (χ0n) is 10.3. The highest BCUT2D eigenvalue weighted by molar-refractivity contribution is 4.82. The zero-order valence-corrected chi connectivity index (χ0v) is 10.3. The molecule has 84 valence electrons. The van der Waals surface area contributed by atoms with Crippen molar-refractivity contribution in [3.05, 3.63) is 12.2 Å². The van der Waals surface area contributed by atoms with Crippen LogP contribution in [-0.4, -0.2) is 12.6 Å². The first-order valence-electron chi connectivity index (χ1n) is 6.01. The van der Waals surface area contributed by atoms with E-state index in [9.17, 15) is 0 Å². The van der Waals surface area contributed by atoms with E-state index in [1.807, 2.05) is 0 Å². The van der Waals surface area contributed by atoms with Gasteiger partial charge in [0.25, 0.3) is 0 Å². The van der Waals surface area contributed by atoms with Crippen molar-refractivity contribution in [2.75, 3.05) is 6.54 Å². The zero-order chi connectivity index (χ0) is 10.8. The first kappa shape index (κ1) is 13.7. The fraction of sp³-hybridized carbons (Fsp3) is 0.846. The molecule has 14 heavy (non-hydrogen) atoms. The van der Waals surface area contributed by atoms with Gasteiger partial charge >= 0.3 is 0 Å². The molecule has 0 rings (SSSR count). The molecule has 0 radical (unpaired) electrons. The molecule has 0 amide bonds. The Labute approximate surface area is 90.0 Å². The third kappa shape index (κ3) is 11.7. The molecule has 0 aromatic rings. The van der Waals surface area contributed by atoms with E-state index in [2.05, 4.69) is 45.2 Å². The van der Waals surface area contributed by atoms with E-state index in [1.165, 1.54) is 25.7 Å². The molecule has 0 aliphatic heterocycles. The molecule has 0 heterocycles. The summed E-state index contributed by atoms with van der Waals surface area (Å²) in [6.07, 6.45) is 9.73. The highest BCUT2D eigenvalue weighted by Crippen LogP contribution is 2.02. The summed E-state index contributed by atoms with van der Waals surface area (Å²) >= 11 is 0. The topological polar surface area (TPSA) is 12.0 Å². The Morgan fingerprint density at radius 2 is 1.71 bits per heavy atom. The van der Waals surface area contributed by atoms with Gasteiger partial charge < -0.3 is 5.32 Å². The van der Waals surface area contributed by atoms with Crippen molar-refractivity contribution < 1.29 is 0 Å². The monoisotopic (exact) mass is 197 g/mol. The second-order valence-corrected chi connectivity index (χ2v) is 4.71. The maximum absolute atomic E-state index is 3.43. The molecule has 0 unspecified atom stereocenters. The van der Waals surface area contributed by atoms with Gasteiger partial charge in [0.05, 0.1) is 0 Å². The van der Waals surface area contributed by atoms with Crippen LogP contribution in [0.2, 0.25) is 0 Å². The summed E-state index contributed by atoms with van der Waals surface area (Å²) in [6, 6.07) is 0.631. The van der Waals surface area contributed by atoms with Crippen LogP contribution in [0.1, 0.15) is 53.4 Å². The van der Waals surface area contributed by atoms with Gasteiger partial charge in [-0.15, -0.1) is 0 Å². The average Bonchev–Trinajstić information content (AvgIpc) is 2.08. The lowest BCUT2D eigenvalue weighted by Gasteiger charge is -2.06. The normalized spacial score (nSPS) is 12.1. The maximum Gasteiger partial charge on any atom is 0.00103 e. The molecule has 0 aliphatic carbocycles. The van der Waals surface area contributed by atoms with Crippen LogP contribution in [0.15, 0.2) is 12.2 Å². The quantitative estimate of drug-likeness (QED) is 0.461. The second-order valence-electron chi connectivity index (χ2n) is 4.71. The Bertz CT molecular complexity index is 136. The molecule has 1 heteroatoms. The predicted octanol–water partition coefficient (Wildman–Crippen LogP) is 3.76. The third-order valence-electron chi connectivity index (χ3n) is 2.12. The van der Waals surface area contributed by atoms with E-state index in [0.29, 0.717) is 6.04 Å². The van der Waals surface area contributed by atoms with Gasteiger partial charge in [0, 0.05) is 6.04 Å². The lowest BCUT2D eigenvalue weighted by Crippen LogP contribution is -2.23. The number of hydrogen-bond acceptors (Lipinski definition) is 1. The van der Waals surface area contributed by atoms with Gasteiger partial charge in [-0.2, -0.15) is 0 Å². The van der Waals surface area contributed by atoms with Crippen LogP contribution in [0.25, 0.3) is 0 Å². The number of hydrogen-bond donors (Lipinski definition) is 1. The minimum atomic E-state index is 0.631. The second kappa shape index (κ2) is 9.26. The summed E-state index contributed by atoms with van der Waals surface area (Å²) in [7, 11) is 0. The van der Waals surface area contributed by atoms with E-state index in [0.717, 1.165) is 12.5 Å². The van der Waals surface area contributed by atoms with E-state index in [1.54, 1.807) is 0 Å². The van der Waals surface area contributed by atoms with Crippen LogP contribution in [-0.2, 0) is 0 Å². The van der Waals surface area contributed by atoms with Crippen molar-refractivity contribution in [2.24, 2.45) is 5.92 Å². The standard InChI is InChI=1S/C13H27N/c1-12(2)10-8-6-5-7-9-11-14-13(3)4/h6,8,12-14H,5,7,9-11H2,1-4H3. The molecular weight excluding hydrogens is 170 g/mol. The number of allylic oxidation sites excluding steroid dienone is 2. The van der Waals surface area contributed by atoms with Crippen LogP contribution < -0.4 is 5.32 Å². The summed E-state index contributed by atoms with van der Waals surface area (Å²) in [6.45, 7) is 10.1. The van der Waals surface area contributed by atoms with Gasteiger partial charge in [-0.1, -0.05) is 39.8 Å². The lowest BCUT2D eigenvalue weighted by atomic mass is 10.1. The van der Waals surface area contributed by atoms with Crippen molar-refractivity contribution in [1.82, 2.24) is 5.32 Å². The third-order valence-corrected chi connectivity index (χ3v) is 2.12. The molecule has 0 aliphatic rings. The van der Waals surface area contributed by atoms with Crippen molar-refractivity contribution in [3.63, 3.8) is 0 Å². The Morgan fingerprint density at radius 3 is 2.29 bits per heavy atom. The summed E-state index contributed by atoms with van der Waals surface area (Å²) in [5.74, 6) is 0.800. The lowest BCUT2D eigenvalue weighted by molar-refractivity contribution is 0.559. The Morgan fingerprint density at radius 1 is 1.00 bits per heavy atom. The van der Waals surface area contributed by atoms with Gasteiger partial charge in [-0.3, -0.25) is 0 Å². The Balaban J connectivity index is 3.09. The smallest absolute Gasteiger partial charge is 0.00103 e. The van der Waals surface area contributed by atoms with E-state index < -0.39 is 0 Å². The molecule has 1 N–H and O–H groups in total. The van der Waals surface area contributed by atoms with Crippen molar-refractivity contribution in [2.45, 2.75) is 59.4 Å². The molecule has 0 aromatic carbocycles. The van der Waals surface area contributed by atoms with E-state index >= 15 is 0 Å². The molecule has 0 spiro atoms. The Kier molecular flexibility index (Phi) is 9.06. The van der Waals surface area contributed by atoms with Crippen LogP contribution in [0, 0.1) is 5.92 Å². The minimum absolute atomic E-state index is 0.631. The highest BCUT2D eigenvalue weighted by atomic mass is 14.9. The fourth-order valence-electron chi connectivity index (χ4n) is 1.26. The molecule has 0 bridgehead atoms. The van der Waals surface area contributed by atoms with Crippen molar-refractivity contribution in [1.29, 1.82) is 0 Å². The first-order valence-corrected chi connectivity index (χ1v) is 6.01. The summed E-state index contributed by atoms with van der Waals surface area (Å²) in [5.41, 5.74) is 0. The Hall–Kier alpha value is -0.300. The molecule has 0 saturated heterocycles. The van der Waals surface area contributed by atoms with Crippen molar-refractivity contribution >= 4 is 0 Å². The van der Waals surface area contributed by atoms with Crippen LogP contribution in [0.4, 0.5) is 0 Å². The maximum atomic E-state index is 3.43. The largest absolute Gasteiger partial charge is 0.315 e. The van der Waals surface area contributed by atoms with Crippen molar-refractivity contribution in [3.8, 4) is 0 Å². The van der Waals surface area contributed by atoms with Gasteiger partial charge in [-0.25, -0.2) is 0 Å². The van der Waals surface area contributed by atoms with Crippen LogP contribution in [0.5, 0.6) is 0 Å². The highest BCUT2D eigenvalue weighted by Gasteiger charge is 1.91. The van der Waals surface area contributed by atoms with Crippen LogP contribution >= 0.6 is 0 Å². The molecule has 0 fully saturated rings. The number of rotatable bonds is 8. The summed E-state index contributed by atoms with van der Waals surface area (Å²) < 4.78 is 0. The van der Waals surface area contributed by atoms with Crippen LogP contribution in [0.3, 0.4) is 0 Å². The average molecular weight is 197 g/mol. The van der Waals surface area contributed by atoms with Gasteiger partial charge in [0.2, 0.25) is 0 Å². The van der Waals surface area contributed by atoms with Gasteiger partial charge in [0.15, 0.2) is 0 Å². The molecule has 0 saturated carbocycles. The fourth-order valence-corrected chi connectivity index (χ4v) is 1.26. The molecule has 0 atom stereocenters. The minimum Gasteiger partial charge on any atom is -0.315 e. The predicted molar refractivity (Wildman–Crippen MR) is 65.6 cm³/mol. The first-order chi connectivity index (χ1) is 6.63. The number of nitrogens with one attached hydrogen (secondary N) is 1. The molecular formula is C13H27N. The number of unbranched alkanes of at least 4 members (excludes halogenated alkanes) is 2. The molecule has 1 nitrogen and oxygen atoms in total. The summed E-state index contributed by atoms with van der Waals surface area (Å²) in [5, 5.41) is 3.43. The summed E-state index contributed by atoms with van der Waals surface area (Å²) in [4.78, 5) is 0. The van der Waals surface area contributed by atoms with E-state index in [-0.39, 0.29) is 0 Å². The van der Waals surface area contributed by atoms with E-state index in [4.69, 9.17) is 0 Å². The van der Waals surface area contributed by atoms with Gasteiger partial charge in [0.1, 0.15) is 0 Å². The SMILES string of the molecule is CC(C)CC=CCCCCNC(C)C. The molecule has 0 aromatic heterocycles.